The average molecular weight is 151 g/mol. The molecule has 0 aliphatic rings. The van der Waals surface area contributed by atoms with Gasteiger partial charge in [0.1, 0.15) is 11.5 Å². The Morgan fingerprint density at radius 3 is 3.00 bits per heavy atom. The third-order valence-corrected chi connectivity index (χ3v) is 1.16. The number of hydrogen-bond donors (Lipinski definition) is 0. The third-order valence-electron chi connectivity index (χ3n) is 1.16. The van der Waals surface area contributed by atoms with E-state index in [1.807, 2.05) is 0 Å². The number of pyridine rings is 1. The molecule has 0 spiro atoms. The lowest BCUT2D eigenvalue weighted by Gasteiger charge is -1.92. The Morgan fingerprint density at radius 2 is 2.45 bits per heavy atom. The SMILES string of the molecule is C=CC(=O)c1cc(F)ccn1. The maximum Gasteiger partial charge on any atom is 0.203 e. The monoisotopic (exact) mass is 151 g/mol. The minimum absolute atomic E-state index is 0.0833. The summed E-state index contributed by atoms with van der Waals surface area (Å²) in [5.41, 5.74) is 0.0833. The smallest absolute Gasteiger partial charge is 0.203 e. The first-order valence-electron chi connectivity index (χ1n) is 3.02. The Balaban J connectivity index is 3.05. The molecule has 0 aliphatic carbocycles. The van der Waals surface area contributed by atoms with Crippen LogP contribution >= 0.6 is 0 Å². The summed E-state index contributed by atoms with van der Waals surface area (Å²) in [6, 6.07) is 2.25. The topological polar surface area (TPSA) is 30.0 Å². The Kier molecular flexibility index (Phi) is 2.11. The van der Waals surface area contributed by atoms with Crippen molar-refractivity contribution in [2.75, 3.05) is 0 Å². The van der Waals surface area contributed by atoms with Gasteiger partial charge in [0.2, 0.25) is 5.78 Å². The Morgan fingerprint density at radius 1 is 1.73 bits per heavy atom. The highest BCUT2D eigenvalue weighted by Crippen LogP contribution is 2.00. The van der Waals surface area contributed by atoms with Gasteiger partial charge in [-0.25, -0.2) is 4.39 Å². The highest BCUT2D eigenvalue weighted by Gasteiger charge is 2.02. The number of nitrogens with zero attached hydrogens (tertiary/aromatic N) is 1. The fraction of sp³-hybridized carbons (Fsp3) is 0. The highest BCUT2D eigenvalue weighted by atomic mass is 19.1. The number of carbonyl (C=O) groups is 1. The van der Waals surface area contributed by atoms with Crippen LogP contribution in [-0.4, -0.2) is 10.8 Å². The van der Waals surface area contributed by atoms with Crippen molar-refractivity contribution < 1.29 is 9.18 Å². The molecule has 0 saturated heterocycles. The number of allylic oxidation sites excluding steroid dienone is 1. The molecule has 1 heterocycles. The summed E-state index contributed by atoms with van der Waals surface area (Å²) in [4.78, 5) is 14.5. The minimum atomic E-state index is -0.467. The molecule has 56 valence electrons. The quantitative estimate of drug-likeness (QED) is 0.474. The van der Waals surface area contributed by atoms with Gasteiger partial charge in [0.25, 0.3) is 0 Å². The molecule has 0 bridgehead atoms. The Labute approximate surface area is 63.4 Å². The van der Waals surface area contributed by atoms with E-state index in [-0.39, 0.29) is 11.5 Å². The standard InChI is InChI=1S/C8H6FNO/c1-2-8(11)7-5-6(9)3-4-10-7/h2-5H,1H2. The number of aromatic nitrogens is 1. The molecule has 1 aromatic rings. The predicted octanol–water partition coefficient (Wildman–Crippen LogP) is 1.59. The van der Waals surface area contributed by atoms with Crippen LogP contribution in [0, 0.1) is 5.82 Å². The number of halogens is 1. The number of rotatable bonds is 2. The molecule has 11 heavy (non-hydrogen) atoms. The van der Waals surface area contributed by atoms with Crippen LogP contribution < -0.4 is 0 Å². The average Bonchev–Trinajstić information content (AvgIpc) is 2.03. The molecule has 0 unspecified atom stereocenters. The van der Waals surface area contributed by atoms with Gasteiger partial charge < -0.3 is 0 Å². The van der Waals surface area contributed by atoms with Crippen LogP contribution in [0.4, 0.5) is 4.39 Å². The van der Waals surface area contributed by atoms with Gasteiger partial charge in [-0.2, -0.15) is 0 Å². The molecule has 0 saturated carbocycles. The van der Waals surface area contributed by atoms with E-state index in [0.29, 0.717) is 0 Å². The van der Waals surface area contributed by atoms with Crippen molar-refractivity contribution in [3.8, 4) is 0 Å². The number of carbonyl (C=O) groups excluding carboxylic acids is 1. The fourth-order valence-corrected chi connectivity index (χ4v) is 0.644. The second-order valence-corrected chi connectivity index (χ2v) is 1.93. The van der Waals surface area contributed by atoms with Crippen LogP contribution in [0.5, 0.6) is 0 Å². The first-order valence-corrected chi connectivity index (χ1v) is 3.02. The maximum atomic E-state index is 12.4. The zero-order valence-electron chi connectivity index (χ0n) is 5.75. The van der Waals surface area contributed by atoms with Crippen molar-refractivity contribution in [1.29, 1.82) is 0 Å². The van der Waals surface area contributed by atoms with Gasteiger partial charge in [-0.05, 0) is 12.1 Å². The summed E-state index contributed by atoms with van der Waals surface area (Å²) in [5.74, 6) is -0.838. The van der Waals surface area contributed by atoms with Gasteiger partial charge in [0.15, 0.2) is 0 Å². The molecule has 1 aromatic heterocycles. The summed E-state index contributed by atoms with van der Waals surface area (Å²) >= 11 is 0. The van der Waals surface area contributed by atoms with E-state index in [0.717, 1.165) is 12.1 Å². The van der Waals surface area contributed by atoms with Crippen LogP contribution in [-0.2, 0) is 0 Å². The van der Waals surface area contributed by atoms with Crippen LogP contribution in [0.15, 0.2) is 31.0 Å². The third kappa shape index (κ3) is 1.70. The van der Waals surface area contributed by atoms with Crippen molar-refractivity contribution in [3.05, 3.63) is 42.5 Å². The molecular weight excluding hydrogens is 145 g/mol. The normalized spacial score (nSPS) is 9.18. The number of ketones is 1. The van der Waals surface area contributed by atoms with Crippen molar-refractivity contribution in [3.63, 3.8) is 0 Å². The molecular formula is C8H6FNO. The molecule has 0 radical (unpaired) electrons. The van der Waals surface area contributed by atoms with E-state index in [1.165, 1.54) is 12.3 Å². The minimum Gasteiger partial charge on any atom is -0.288 e. The summed E-state index contributed by atoms with van der Waals surface area (Å²) in [5, 5.41) is 0. The van der Waals surface area contributed by atoms with Crippen LogP contribution in [0.1, 0.15) is 10.5 Å². The van der Waals surface area contributed by atoms with E-state index in [9.17, 15) is 9.18 Å². The van der Waals surface area contributed by atoms with Crippen LogP contribution in [0.2, 0.25) is 0 Å². The Hall–Kier alpha value is -1.51. The molecule has 1 rings (SSSR count). The molecule has 0 aromatic carbocycles. The molecule has 0 aliphatic heterocycles. The Bertz CT molecular complexity index is 296. The van der Waals surface area contributed by atoms with Crippen molar-refractivity contribution in [1.82, 2.24) is 4.98 Å². The van der Waals surface area contributed by atoms with Gasteiger partial charge >= 0.3 is 0 Å². The predicted molar refractivity (Wildman–Crippen MR) is 38.7 cm³/mol. The summed E-state index contributed by atoms with van der Waals surface area (Å²) in [6.07, 6.45) is 2.34. The molecule has 0 atom stereocenters. The van der Waals surface area contributed by atoms with Gasteiger partial charge in [0, 0.05) is 12.3 Å². The molecule has 0 amide bonds. The van der Waals surface area contributed by atoms with Gasteiger partial charge in [-0.3, -0.25) is 9.78 Å². The first kappa shape index (κ1) is 7.60. The highest BCUT2D eigenvalue weighted by molar-refractivity contribution is 6.02. The van der Waals surface area contributed by atoms with Gasteiger partial charge in [0.05, 0.1) is 0 Å². The van der Waals surface area contributed by atoms with E-state index >= 15 is 0 Å². The lowest BCUT2D eigenvalue weighted by atomic mass is 10.2. The molecule has 0 N–H and O–H groups in total. The van der Waals surface area contributed by atoms with Gasteiger partial charge in [-0.15, -0.1) is 0 Å². The van der Waals surface area contributed by atoms with E-state index in [2.05, 4.69) is 11.6 Å². The lowest BCUT2D eigenvalue weighted by Crippen LogP contribution is -1.97. The molecule has 0 fully saturated rings. The van der Waals surface area contributed by atoms with Crippen LogP contribution in [0.25, 0.3) is 0 Å². The summed E-state index contributed by atoms with van der Waals surface area (Å²) in [7, 11) is 0. The summed E-state index contributed by atoms with van der Waals surface area (Å²) < 4.78 is 12.4. The van der Waals surface area contributed by atoms with Crippen LogP contribution in [0.3, 0.4) is 0 Å². The maximum absolute atomic E-state index is 12.4. The first-order chi connectivity index (χ1) is 5.24. The lowest BCUT2D eigenvalue weighted by molar-refractivity contribution is 0.104. The fourth-order valence-electron chi connectivity index (χ4n) is 0.644. The van der Waals surface area contributed by atoms with Crippen molar-refractivity contribution in [2.45, 2.75) is 0 Å². The van der Waals surface area contributed by atoms with E-state index in [4.69, 9.17) is 0 Å². The second-order valence-electron chi connectivity index (χ2n) is 1.93. The van der Waals surface area contributed by atoms with Crippen molar-refractivity contribution >= 4 is 5.78 Å². The molecule has 2 nitrogen and oxygen atoms in total. The zero-order valence-corrected chi connectivity index (χ0v) is 5.75. The second kappa shape index (κ2) is 3.05. The zero-order chi connectivity index (χ0) is 8.27. The van der Waals surface area contributed by atoms with E-state index < -0.39 is 5.82 Å². The summed E-state index contributed by atoms with van der Waals surface area (Å²) in [6.45, 7) is 3.25. The van der Waals surface area contributed by atoms with Gasteiger partial charge in [-0.1, -0.05) is 6.58 Å². The number of hydrogen-bond acceptors (Lipinski definition) is 2. The van der Waals surface area contributed by atoms with E-state index in [1.54, 1.807) is 0 Å². The van der Waals surface area contributed by atoms with Crippen molar-refractivity contribution in [2.24, 2.45) is 0 Å². The molecule has 3 heteroatoms. The largest absolute Gasteiger partial charge is 0.288 e.